The third-order valence-corrected chi connectivity index (χ3v) is 2.72. The minimum atomic E-state index is 0.864. The quantitative estimate of drug-likeness (QED) is 0.672. The fourth-order valence-electron chi connectivity index (χ4n) is 1.61. The molecule has 2 rings (SSSR count). The predicted molar refractivity (Wildman–Crippen MR) is 51.8 cm³/mol. The second kappa shape index (κ2) is 4.06. The Bertz CT molecular complexity index is 291. The Labute approximate surface area is 83.6 Å². The predicted octanol–water partition coefficient (Wildman–Crippen LogP) is 0.125. The summed E-state index contributed by atoms with van der Waals surface area (Å²) >= 11 is 0. The molecule has 0 aromatic carbocycles. The molecule has 5 heteroatoms. The Kier molecular flexibility index (Phi) is 2.79. The number of likely N-dealkylation sites (N-methyl/N-ethyl adjacent to an activating group) is 1. The zero-order valence-electron chi connectivity index (χ0n) is 8.73. The van der Waals surface area contributed by atoms with Crippen molar-refractivity contribution in [3.8, 4) is 0 Å². The first-order chi connectivity index (χ1) is 6.75. The first-order valence-electron chi connectivity index (χ1n) is 4.94. The molecule has 0 N–H and O–H groups in total. The molecule has 0 spiro atoms. The molecule has 1 aromatic heterocycles. The number of aromatic nitrogens is 2. The maximum Gasteiger partial charge on any atom is 0.122 e. The van der Waals surface area contributed by atoms with Crippen LogP contribution in [0.1, 0.15) is 11.4 Å². The van der Waals surface area contributed by atoms with Gasteiger partial charge in [-0.2, -0.15) is 0 Å². The third kappa shape index (κ3) is 2.10. The molecule has 78 valence electrons. The molecule has 1 aliphatic heterocycles. The van der Waals surface area contributed by atoms with Crippen LogP contribution in [0, 0.1) is 6.92 Å². The standard InChI is InChI=1S/C9H16N4O/c1-8-9(11-14-10-8)7-13-5-3-12(2)4-6-13/h3-7H2,1-2H3. The van der Waals surface area contributed by atoms with Crippen LogP contribution in [0.25, 0.3) is 0 Å². The second-order valence-corrected chi connectivity index (χ2v) is 3.88. The lowest BCUT2D eigenvalue weighted by Crippen LogP contribution is -2.44. The number of nitrogens with zero attached hydrogens (tertiary/aromatic N) is 4. The summed E-state index contributed by atoms with van der Waals surface area (Å²) in [7, 11) is 2.15. The van der Waals surface area contributed by atoms with Gasteiger partial charge in [0.2, 0.25) is 0 Å². The molecule has 1 saturated heterocycles. The highest BCUT2D eigenvalue weighted by molar-refractivity contribution is 5.04. The van der Waals surface area contributed by atoms with Crippen LogP contribution in [0.15, 0.2) is 4.63 Å². The van der Waals surface area contributed by atoms with Gasteiger partial charge in [-0.3, -0.25) is 4.90 Å². The van der Waals surface area contributed by atoms with Crippen LogP contribution >= 0.6 is 0 Å². The van der Waals surface area contributed by atoms with Crippen LogP contribution in [0.3, 0.4) is 0 Å². The van der Waals surface area contributed by atoms with Gasteiger partial charge in [0.15, 0.2) is 0 Å². The van der Waals surface area contributed by atoms with Gasteiger partial charge in [-0.15, -0.1) is 0 Å². The van der Waals surface area contributed by atoms with Crippen molar-refractivity contribution in [2.75, 3.05) is 33.2 Å². The lowest BCUT2D eigenvalue weighted by Gasteiger charge is -2.31. The van der Waals surface area contributed by atoms with Crippen LogP contribution in [0.4, 0.5) is 0 Å². The lowest BCUT2D eigenvalue weighted by molar-refractivity contribution is 0.145. The molecule has 0 aliphatic carbocycles. The number of hydrogen-bond acceptors (Lipinski definition) is 5. The molecule has 2 heterocycles. The van der Waals surface area contributed by atoms with Gasteiger partial charge in [-0.05, 0) is 14.0 Å². The molecule has 5 nitrogen and oxygen atoms in total. The molecule has 1 aliphatic rings. The smallest absolute Gasteiger partial charge is 0.122 e. The van der Waals surface area contributed by atoms with E-state index in [0.717, 1.165) is 44.1 Å². The minimum Gasteiger partial charge on any atom is -0.304 e. The zero-order chi connectivity index (χ0) is 9.97. The number of rotatable bonds is 2. The van der Waals surface area contributed by atoms with Gasteiger partial charge in [0.05, 0.1) is 0 Å². The number of piperazine rings is 1. The van der Waals surface area contributed by atoms with Gasteiger partial charge < -0.3 is 4.90 Å². The van der Waals surface area contributed by atoms with Gasteiger partial charge >= 0.3 is 0 Å². The molecule has 1 fully saturated rings. The summed E-state index contributed by atoms with van der Waals surface area (Å²) in [6.07, 6.45) is 0. The van der Waals surface area contributed by atoms with E-state index in [1.165, 1.54) is 0 Å². The number of aryl methyl sites for hydroxylation is 1. The van der Waals surface area contributed by atoms with E-state index in [1.807, 2.05) is 6.92 Å². The highest BCUT2D eigenvalue weighted by Crippen LogP contribution is 2.07. The normalized spacial score (nSPS) is 20.1. The van der Waals surface area contributed by atoms with Gasteiger partial charge in [0.1, 0.15) is 11.4 Å². The van der Waals surface area contributed by atoms with Gasteiger partial charge in [-0.1, -0.05) is 10.3 Å². The molecule has 0 bridgehead atoms. The molecular weight excluding hydrogens is 180 g/mol. The van der Waals surface area contributed by atoms with Crippen LogP contribution in [0.2, 0.25) is 0 Å². The van der Waals surface area contributed by atoms with Crippen molar-refractivity contribution in [3.05, 3.63) is 11.4 Å². The van der Waals surface area contributed by atoms with Crippen LogP contribution in [-0.2, 0) is 6.54 Å². The maximum absolute atomic E-state index is 4.67. The highest BCUT2D eigenvalue weighted by Gasteiger charge is 2.16. The molecule has 0 saturated carbocycles. The Morgan fingerprint density at radius 3 is 2.50 bits per heavy atom. The third-order valence-electron chi connectivity index (χ3n) is 2.72. The van der Waals surface area contributed by atoms with Crippen molar-refractivity contribution in [1.82, 2.24) is 20.1 Å². The molecule has 14 heavy (non-hydrogen) atoms. The number of hydrogen-bond donors (Lipinski definition) is 0. The van der Waals surface area contributed by atoms with Crippen molar-refractivity contribution in [2.24, 2.45) is 0 Å². The zero-order valence-corrected chi connectivity index (χ0v) is 8.73. The SMILES string of the molecule is Cc1nonc1CN1CCN(C)CC1. The molecule has 0 radical (unpaired) electrons. The van der Waals surface area contributed by atoms with E-state index in [1.54, 1.807) is 0 Å². The lowest BCUT2D eigenvalue weighted by atomic mass is 10.3. The Morgan fingerprint density at radius 1 is 1.21 bits per heavy atom. The summed E-state index contributed by atoms with van der Waals surface area (Å²) in [5.74, 6) is 0. The van der Waals surface area contributed by atoms with E-state index in [4.69, 9.17) is 0 Å². The van der Waals surface area contributed by atoms with Gasteiger partial charge in [-0.25, -0.2) is 4.63 Å². The highest BCUT2D eigenvalue weighted by atomic mass is 16.6. The topological polar surface area (TPSA) is 45.4 Å². The molecular formula is C9H16N4O. The molecule has 0 amide bonds. The van der Waals surface area contributed by atoms with Crippen molar-refractivity contribution in [1.29, 1.82) is 0 Å². The van der Waals surface area contributed by atoms with Crippen LogP contribution in [0.5, 0.6) is 0 Å². The van der Waals surface area contributed by atoms with E-state index in [9.17, 15) is 0 Å². The van der Waals surface area contributed by atoms with Gasteiger partial charge in [0.25, 0.3) is 0 Å². The molecule has 1 aromatic rings. The fourth-order valence-corrected chi connectivity index (χ4v) is 1.61. The second-order valence-electron chi connectivity index (χ2n) is 3.88. The Morgan fingerprint density at radius 2 is 1.93 bits per heavy atom. The maximum atomic E-state index is 4.67. The van der Waals surface area contributed by atoms with E-state index < -0.39 is 0 Å². The van der Waals surface area contributed by atoms with E-state index >= 15 is 0 Å². The summed E-state index contributed by atoms with van der Waals surface area (Å²) in [5.41, 5.74) is 1.87. The Balaban J connectivity index is 1.89. The van der Waals surface area contributed by atoms with Crippen molar-refractivity contribution < 1.29 is 4.63 Å². The van der Waals surface area contributed by atoms with Crippen molar-refractivity contribution in [3.63, 3.8) is 0 Å². The first kappa shape index (κ1) is 9.61. The first-order valence-corrected chi connectivity index (χ1v) is 4.94. The summed E-state index contributed by atoms with van der Waals surface area (Å²) in [5, 5.41) is 7.66. The average molecular weight is 196 g/mol. The van der Waals surface area contributed by atoms with E-state index in [-0.39, 0.29) is 0 Å². The Hall–Kier alpha value is -0.940. The summed E-state index contributed by atoms with van der Waals surface area (Å²) < 4.78 is 4.67. The largest absolute Gasteiger partial charge is 0.304 e. The summed E-state index contributed by atoms with van der Waals surface area (Å²) in [6, 6.07) is 0. The minimum absolute atomic E-state index is 0.864. The molecule has 0 unspecified atom stereocenters. The van der Waals surface area contributed by atoms with E-state index in [2.05, 4.69) is 31.8 Å². The summed E-state index contributed by atoms with van der Waals surface area (Å²) in [6.45, 7) is 7.26. The van der Waals surface area contributed by atoms with Crippen LogP contribution < -0.4 is 0 Å². The fraction of sp³-hybridized carbons (Fsp3) is 0.778. The van der Waals surface area contributed by atoms with Crippen LogP contribution in [-0.4, -0.2) is 53.3 Å². The molecule has 0 atom stereocenters. The van der Waals surface area contributed by atoms with Gasteiger partial charge in [0, 0.05) is 32.7 Å². The monoisotopic (exact) mass is 196 g/mol. The summed E-state index contributed by atoms with van der Waals surface area (Å²) in [4.78, 5) is 4.72. The average Bonchev–Trinajstić information content (AvgIpc) is 2.56. The van der Waals surface area contributed by atoms with E-state index in [0.29, 0.717) is 0 Å². The van der Waals surface area contributed by atoms with Crippen molar-refractivity contribution >= 4 is 0 Å². The van der Waals surface area contributed by atoms with Crippen molar-refractivity contribution in [2.45, 2.75) is 13.5 Å².